The van der Waals surface area contributed by atoms with Gasteiger partial charge in [0, 0.05) is 13.0 Å². The fraction of sp³-hybridized carbons (Fsp3) is 0.385. The molecule has 0 radical (unpaired) electrons. The Hall–Kier alpha value is -3.68. The van der Waals surface area contributed by atoms with Crippen LogP contribution in [0.25, 0.3) is 0 Å². The first-order valence-electron chi connectivity index (χ1n) is 11.5. The molecule has 1 aliphatic heterocycles. The minimum atomic E-state index is -0.504. The minimum Gasteiger partial charge on any atom is -0.497 e. The van der Waals surface area contributed by atoms with Crippen LogP contribution >= 0.6 is 0 Å². The number of esters is 1. The molecule has 34 heavy (non-hydrogen) atoms. The van der Waals surface area contributed by atoms with Gasteiger partial charge in [0.25, 0.3) is 11.8 Å². The van der Waals surface area contributed by atoms with Crippen LogP contribution in [0.3, 0.4) is 0 Å². The SMILES string of the molecule is CCOC(=O)CC(NC(=O)CCCCCN1C(=O)c2ccccc2C1=O)c1ccc(OC)cc1. The summed E-state index contributed by atoms with van der Waals surface area (Å²) in [7, 11) is 1.57. The highest BCUT2D eigenvalue weighted by molar-refractivity contribution is 6.21. The van der Waals surface area contributed by atoms with E-state index < -0.39 is 6.04 Å². The van der Waals surface area contributed by atoms with E-state index in [0.717, 1.165) is 5.56 Å². The molecule has 0 aromatic heterocycles. The lowest BCUT2D eigenvalue weighted by Gasteiger charge is -2.19. The molecule has 8 heteroatoms. The molecule has 0 fully saturated rings. The molecule has 0 bridgehead atoms. The maximum absolute atomic E-state index is 12.6. The molecule has 1 aliphatic rings. The number of methoxy groups -OCH3 is 1. The average Bonchev–Trinajstić information content (AvgIpc) is 3.08. The number of amides is 3. The van der Waals surface area contributed by atoms with E-state index in [9.17, 15) is 19.2 Å². The molecular formula is C26H30N2O6. The number of fused-ring (bicyclic) bond motifs is 1. The standard InChI is InChI=1S/C26H30N2O6/c1-3-34-24(30)17-22(18-12-14-19(33-2)15-13-18)27-23(29)11-5-4-8-16-28-25(31)20-9-6-7-10-21(20)26(28)32/h6-7,9-10,12-15,22H,3-5,8,11,16-17H2,1-2H3,(H,27,29). The third-order valence-electron chi connectivity index (χ3n) is 5.69. The Labute approximate surface area is 199 Å². The molecular weight excluding hydrogens is 436 g/mol. The maximum Gasteiger partial charge on any atom is 0.308 e. The average molecular weight is 467 g/mol. The molecule has 0 saturated heterocycles. The monoisotopic (exact) mass is 466 g/mol. The number of carbonyl (C=O) groups is 4. The molecule has 0 spiro atoms. The van der Waals surface area contributed by atoms with Gasteiger partial charge in [-0.1, -0.05) is 30.7 Å². The third kappa shape index (κ3) is 6.21. The minimum absolute atomic E-state index is 0.0334. The van der Waals surface area contributed by atoms with Crippen molar-refractivity contribution in [3.05, 3.63) is 65.2 Å². The number of imide groups is 1. The van der Waals surface area contributed by atoms with Crippen LogP contribution in [0.2, 0.25) is 0 Å². The molecule has 2 aromatic carbocycles. The Bertz CT molecular complexity index is 999. The molecule has 2 aromatic rings. The van der Waals surface area contributed by atoms with Crippen LogP contribution in [-0.4, -0.2) is 48.9 Å². The molecule has 1 N–H and O–H groups in total. The van der Waals surface area contributed by atoms with Gasteiger partial charge < -0.3 is 14.8 Å². The molecule has 1 unspecified atom stereocenters. The number of carbonyl (C=O) groups excluding carboxylic acids is 4. The maximum atomic E-state index is 12.6. The number of ether oxygens (including phenoxy) is 2. The zero-order valence-electron chi connectivity index (χ0n) is 19.5. The predicted molar refractivity (Wildman–Crippen MR) is 125 cm³/mol. The van der Waals surface area contributed by atoms with Crippen molar-refractivity contribution >= 4 is 23.7 Å². The van der Waals surface area contributed by atoms with Crippen molar-refractivity contribution in [3.8, 4) is 5.75 Å². The Morgan fingerprint density at radius 1 is 0.941 bits per heavy atom. The van der Waals surface area contributed by atoms with E-state index >= 15 is 0 Å². The number of nitrogens with one attached hydrogen (secondary N) is 1. The molecule has 0 saturated carbocycles. The van der Waals surface area contributed by atoms with Crippen molar-refractivity contribution in [3.63, 3.8) is 0 Å². The van der Waals surface area contributed by atoms with Gasteiger partial charge in [-0.2, -0.15) is 0 Å². The van der Waals surface area contributed by atoms with E-state index in [1.54, 1.807) is 50.4 Å². The number of unbranched alkanes of at least 4 members (excludes halogenated alkanes) is 2. The summed E-state index contributed by atoms with van der Waals surface area (Å²) >= 11 is 0. The van der Waals surface area contributed by atoms with Crippen molar-refractivity contribution in [2.24, 2.45) is 0 Å². The third-order valence-corrected chi connectivity index (χ3v) is 5.69. The molecule has 180 valence electrons. The van der Waals surface area contributed by atoms with Gasteiger partial charge in [0.2, 0.25) is 5.91 Å². The van der Waals surface area contributed by atoms with E-state index in [4.69, 9.17) is 9.47 Å². The second kappa shape index (κ2) is 12.0. The zero-order chi connectivity index (χ0) is 24.5. The first kappa shape index (κ1) is 25.0. The lowest BCUT2D eigenvalue weighted by molar-refractivity contribution is -0.143. The molecule has 0 aliphatic carbocycles. The Balaban J connectivity index is 1.46. The van der Waals surface area contributed by atoms with E-state index in [-0.39, 0.29) is 43.1 Å². The highest BCUT2D eigenvalue weighted by Gasteiger charge is 2.34. The summed E-state index contributed by atoms with van der Waals surface area (Å²) in [4.78, 5) is 50.7. The highest BCUT2D eigenvalue weighted by Crippen LogP contribution is 2.23. The summed E-state index contributed by atoms with van der Waals surface area (Å²) in [6.45, 7) is 2.33. The van der Waals surface area contributed by atoms with Crippen molar-refractivity contribution in [1.29, 1.82) is 0 Å². The first-order valence-corrected chi connectivity index (χ1v) is 11.5. The molecule has 1 atom stereocenters. The number of nitrogens with zero attached hydrogens (tertiary/aromatic N) is 1. The first-order chi connectivity index (χ1) is 16.4. The van der Waals surface area contributed by atoms with Crippen molar-refractivity contribution in [1.82, 2.24) is 10.2 Å². The summed E-state index contributed by atoms with van der Waals surface area (Å²) in [6, 6.07) is 13.5. The fourth-order valence-electron chi connectivity index (χ4n) is 3.92. The number of benzene rings is 2. The number of hydrogen-bond acceptors (Lipinski definition) is 6. The van der Waals surface area contributed by atoms with E-state index in [0.29, 0.717) is 42.7 Å². The normalized spacial score (nSPS) is 13.4. The number of rotatable bonds is 12. The van der Waals surface area contributed by atoms with E-state index in [1.165, 1.54) is 4.90 Å². The molecule has 8 nitrogen and oxygen atoms in total. The van der Waals surface area contributed by atoms with Gasteiger partial charge in [-0.05, 0) is 49.6 Å². The topological polar surface area (TPSA) is 102 Å². The van der Waals surface area contributed by atoms with Crippen LogP contribution < -0.4 is 10.1 Å². The van der Waals surface area contributed by atoms with Gasteiger partial charge >= 0.3 is 5.97 Å². The summed E-state index contributed by atoms with van der Waals surface area (Å²) in [5.74, 6) is -0.405. The molecule has 3 rings (SSSR count). The van der Waals surface area contributed by atoms with Gasteiger partial charge in [-0.25, -0.2) is 0 Å². The summed E-state index contributed by atoms with van der Waals surface area (Å²) < 4.78 is 10.2. The van der Waals surface area contributed by atoms with Crippen LogP contribution in [0.15, 0.2) is 48.5 Å². The lowest BCUT2D eigenvalue weighted by Crippen LogP contribution is -2.31. The Kier molecular flexibility index (Phi) is 8.79. The van der Waals surface area contributed by atoms with Crippen molar-refractivity contribution in [2.45, 2.75) is 45.1 Å². The van der Waals surface area contributed by atoms with Crippen LogP contribution in [0.1, 0.15) is 71.3 Å². The Morgan fingerprint density at radius 2 is 1.59 bits per heavy atom. The Morgan fingerprint density at radius 3 is 2.18 bits per heavy atom. The van der Waals surface area contributed by atoms with Crippen LogP contribution in [0, 0.1) is 0 Å². The summed E-state index contributed by atoms with van der Waals surface area (Å²) in [6.07, 6.45) is 2.21. The van der Waals surface area contributed by atoms with E-state index in [1.807, 2.05) is 12.1 Å². The largest absolute Gasteiger partial charge is 0.497 e. The lowest BCUT2D eigenvalue weighted by atomic mass is 10.0. The quantitative estimate of drug-likeness (QED) is 0.291. The highest BCUT2D eigenvalue weighted by atomic mass is 16.5. The van der Waals surface area contributed by atoms with Gasteiger partial charge in [0.1, 0.15) is 5.75 Å². The van der Waals surface area contributed by atoms with E-state index in [2.05, 4.69) is 5.32 Å². The van der Waals surface area contributed by atoms with Crippen molar-refractivity contribution < 1.29 is 28.7 Å². The fourth-order valence-corrected chi connectivity index (χ4v) is 3.92. The number of hydrogen-bond donors (Lipinski definition) is 1. The van der Waals surface area contributed by atoms with Gasteiger partial charge in [-0.15, -0.1) is 0 Å². The van der Waals surface area contributed by atoms with Gasteiger partial charge in [0.05, 0.1) is 37.3 Å². The summed E-state index contributed by atoms with van der Waals surface area (Å²) in [5, 5.41) is 2.92. The second-order valence-corrected chi connectivity index (χ2v) is 8.02. The van der Waals surface area contributed by atoms with Crippen LogP contribution in [-0.2, 0) is 14.3 Å². The molecule has 1 heterocycles. The predicted octanol–water partition coefficient (Wildman–Crippen LogP) is 3.66. The van der Waals surface area contributed by atoms with Crippen LogP contribution in [0.4, 0.5) is 0 Å². The van der Waals surface area contributed by atoms with Crippen molar-refractivity contribution in [2.75, 3.05) is 20.3 Å². The molecule has 3 amide bonds. The van der Waals surface area contributed by atoms with Gasteiger partial charge in [-0.3, -0.25) is 24.1 Å². The summed E-state index contributed by atoms with van der Waals surface area (Å²) in [5.41, 5.74) is 1.67. The van der Waals surface area contributed by atoms with Gasteiger partial charge in [0.15, 0.2) is 0 Å². The zero-order valence-corrected chi connectivity index (χ0v) is 19.5. The second-order valence-electron chi connectivity index (χ2n) is 8.02. The smallest absolute Gasteiger partial charge is 0.308 e. The van der Waals surface area contributed by atoms with Crippen LogP contribution in [0.5, 0.6) is 5.75 Å².